The molecule has 184 valence electrons. The Hall–Kier alpha value is -2.75. The van der Waals surface area contributed by atoms with Crippen molar-refractivity contribution >= 4 is 23.8 Å². The normalized spacial score (nSPS) is 25.6. The molecule has 1 aromatic carbocycles. The molecule has 2 aliphatic heterocycles. The van der Waals surface area contributed by atoms with Crippen LogP contribution in [0.3, 0.4) is 0 Å². The average molecular weight is 468 g/mol. The number of piperidine rings is 1. The standard InChI is InChI=1S/C25H37N7O2/c1-25(2,27)24(34)31-12-10-30(11-13-31)22(28-3)8-9-32(17-33)19-6-4-18(5-7-19)14-29-15-20-21(16-29)23(20)26/h4-9,17,20-21,23H,10-16,26-27H2,1-3H3/b9-8-,28-22?. The third-order valence-corrected chi connectivity index (χ3v) is 7.15. The predicted molar refractivity (Wildman–Crippen MR) is 134 cm³/mol. The van der Waals surface area contributed by atoms with Gasteiger partial charge < -0.3 is 21.3 Å². The number of amides is 2. The van der Waals surface area contributed by atoms with Crippen molar-refractivity contribution in [3.05, 3.63) is 42.1 Å². The number of nitrogens with two attached hydrogens (primary N) is 2. The number of hydrogen-bond donors (Lipinski definition) is 2. The largest absolute Gasteiger partial charge is 0.353 e. The monoisotopic (exact) mass is 467 g/mol. The number of anilines is 1. The van der Waals surface area contributed by atoms with Crippen molar-refractivity contribution in [2.45, 2.75) is 32.0 Å². The first kappa shape index (κ1) is 24.4. The molecule has 0 bridgehead atoms. The molecule has 9 heteroatoms. The molecule has 3 aliphatic rings. The molecule has 4 rings (SSSR count). The molecule has 0 spiro atoms. The van der Waals surface area contributed by atoms with Crippen molar-refractivity contribution in [1.82, 2.24) is 14.7 Å². The van der Waals surface area contributed by atoms with Crippen molar-refractivity contribution in [1.29, 1.82) is 0 Å². The number of aliphatic imine (C=N–C) groups is 1. The number of fused-ring (bicyclic) bond motifs is 1. The minimum atomic E-state index is -0.869. The third kappa shape index (κ3) is 5.32. The van der Waals surface area contributed by atoms with E-state index < -0.39 is 5.54 Å². The number of benzene rings is 1. The topological polar surface area (TPSA) is 111 Å². The van der Waals surface area contributed by atoms with Crippen molar-refractivity contribution in [2.24, 2.45) is 28.3 Å². The van der Waals surface area contributed by atoms with Gasteiger partial charge in [0.15, 0.2) is 0 Å². The van der Waals surface area contributed by atoms with Gasteiger partial charge >= 0.3 is 0 Å². The third-order valence-electron chi connectivity index (χ3n) is 7.15. The summed E-state index contributed by atoms with van der Waals surface area (Å²) in [7, 11) is 1.73. The number of hydrogen-bond acceptors (Lipinski definition) is 6. The van der Waals surface area contributed by atoms with Crippen molar-refractivity contribution in [2.75, 3.05) is 51.2 Å². The Morgan fingerprint density at radius 2 is 1.71 bits per heavy atom. The zero-order chi connectivity index (χ0) is 24.5. The van der Waals surface area contributed by atoms with Gasteiger partial charge in [0.1, 0.15) is 5.84 Å². The molecule has 0 radical (unpaired) electrons. The summed E-state index contributed by atoms with van der Waals surface area (Å²) in [4.78, 5) is 36.5. The Morgan fingerprint density at radius 1 is 1.12 bits per heavy atom. The van der Waals surface area contributed by atoms with E-state index in [0.717, 1.165) is 37.6 Å². The van der Waals surface area contributed by atoms with Crippen LogP contribution in [-0.2, 0) is 16.1 Å². The van der Waals surface area contributed by atoms with E-state index in [1.165, 1.54) is 5.56 Å². The van der Waals surface area contributed by atoms with Crippen LogP contribution in [0.2, 0.25) is 0 Å². The molecule has 1 saturated carbocycles. The summed E-state index contributed by atoms with van der Waals surface area (Å²) in [6, 6.07) is 8.50. The second kappa shape index (κ2) is 9.85. The molecule has 9 nitrogen and oxygen atoms in total. The number of carbonyl (C=O) groups is 2. The van der Waals surface area contributed by atoms with Crippen LogP contribution in [-0.4, -0.2) is 90.7 Å². The van der Waals surface area contributed by atoms with Crippen LogP contribution < -0.4 is 16.4 Å². The van der Waals surface area contributed by atoms with Gasteiger partial charge in [0.05, 0.1) is 5.54 Å². The summed E-state index contributed by atoms with van der Waals surface area (Å²) in [6.45, 7) is 9.06. The Labute approximate surface area is 202 Å². The van der Waals surface area contributed by atoms with Crippen molar-refractivity contribution in [3.8, 4) is 0 Å². The Morgan fingerprint density at radius 3 is 2.24 bits per heavy atom. The lowest BCUT2D eigenvalue weighted by molar-refractivity contribution is -0.137. The molecule has 1 aliphatic carbocycles. The van der Waals surface area contributed by atoms with Crippen LogP contribution in [0.25, 0.3) is 0 Å². The number of likely N-dealkylation sites (tertiary alicyclic amines) is 1. The van der Waals surface area contributed by atoms with E-state index in [1.54, 1.807) is 36.9 Å². The minimum absolute atomic E-state index is 0.0432. The maximum Gasteiger partial charge on any atom is 0.242 e. The zero-order valence-electron chi connectivity index (χ0n) is 20.4. The van der Waals surface area contributed by atoms with Crippen LogP contribution in [0.15, 0.2) is 41.5 Å². The van der Waals surface area contributed by atoms with Crippen LogP contribution in [0, 0.1) is 11.8 Å². The first-order valence-electron chi connectivity index (χ1n) is 12.0. The van der Waals surface area contributed by atoms with Crippen LogP contribution in [0.5, 0.6) is 0 Å². The number of nitrogens with zero attached hydrogens (tertiary/aromatic N) is 5. The fourth-order valence-electron chi connectivity index (χ4n) is 5.02. The highest BCUT2D eigenvalue weighted by Gasteiger charge is 2.53. The van der Waals surface area contributed by atoms with Gasteiger partial charge in [0.25, 0.3) is 0 Å². The van der Waals surface area contributed by atoms with Gasteiger partial charge in [0, 0.05) is 70.8 Å². The molecule has 34 heavy (non-hydrogen) atoms. The zero-order valence-corrected chi connectivity index (χ0v) is 20.4. The fraction of sp³-hybridized carbons (Fsp3) is 0.560. The van der Waals surface area contributed by atoms with Crippen molar-refractivity contribution < 1.29 is 9.59 Å². The van der Waals surface area contributed by atoms with Gasteiger partial charge in [-0.2, -0.15) is 0 Å². The van der Waals surface area contributed by atoms with E-state index in [1.807, 2.05) is 18.2 Å². The highest BCUT2D eigenvalue weighted by molar-refractivity contribution is 5.94. The molecule has 4 N–H and O–H groups in total. The summed E-state index contributed by atoms with van der Waals surface area (Å²) in [5, 5.41) is 0. The predicted octanol–water partition coefficient (Wildman–Crippen LogP) is 0.462. The molecule has 2 heterocycles. The number of rotatable bonds is 7. The van der Waals surface area contributed by atoms with E-state index in [-0.39, 0.29) is 5.91 Å². The summed E-state index contributed by atoms with van der Waals surface area (Å²) >= 11 is 0. The lowest BCUT2D eigenvalue weighted by atomic mass is 10.0. The summed E-state index contributed by atoms with van der Waals surface area (Å²) in [6.07, 6.45) is 4.38. The number of amidine groups is 1. The Balaban J connectivity index is 1.31. The van der Waals surface area contributed by atoms with Gasteiger partial charge in [-0.1, -0.05) is 12.1 Å². The second-order valence-corrected chi connectivity index (χ2v) is 10.2. The molecular formula is C25H37N7O2. The van der Waals surface area contributed by atoms with E-state index >= 15 is 0 Å². The molecule has 2 unspecified atom stereocenters. The summed E-state index contributed by atoms with van der Waals surface area (Å²) in [5.74, 6) is 2.09. The smallest absolute Gasteiger partial charge is 0.242 e. The van der Waals surface area contributed by atoms with E-state index in [0.29, 0.717) is 44.1 Å². The molecule has 0 aromatic heterocycles. The SMILES string of the molecule is CN=C(/C=C\N(C=O)c1ccc(CN2CC3C(N)C3C2)cc1)N1CCN(C(=O)C(C)(C)N)CC1. The van der Waals surface area contributed by atoms with Crippen molar-refractivity contribution in [3.63, 3.8) is 0 Å². The molecule has 2 atom stereocenters. The van der Waals surface area contributed by atoms with E-state index in [2.05, 4.69) is 26.9 Å². The first-order chi connectivity index (χ1) is 16.2. The molecule has 3 fully saturated rings. The molecule has 2 saturated heterocycles. The van der Waals surface area contributed by atoms with Crippen LogP contribution in [0.4, 0.5) is 5.69 Å². The maximum atomic E-state index is 12.4. The van der Waals surface area contributed by atoms with E-state index in [4.69, 9.17) is 11.5 Å². The van der Waals surface area contributed by atoms with Crippen LogP contribution >= 0.6 is 0 Å². The highest BCUT2D eigenvalue weighted by Crippen LogP contribution is 2.44. The molecule has 1 aromatic rings. The lowest BCUT2D eigenvalue weighted by Crippen LogP contribution is -2.57. The number of piperazine rings is 1. The molecule has 2 amide bonds. The summed E-state index contributed by atoms with van der Waals surface area (Å²) in [5.41, 5.74) is 13.2. The number of carbonyl (C=O) groups excluding carboxylic acids is 2. The minimum Gasteiger partial charge on any atom is -0.353 e. The van der Waals surface area contributed by atoms with Gasteiger partial charge in [-0.05, 0) is 49.5 Å². The van der Waals surface area contributed by atoms with Gasteiger partial charge in [-0.25, -0.2) is 0 Å². The first-order valence-corrected chi connectivity index (χ1v) is 12.0. The second-order valence-electron chi connectivity index (χ2n) is 10.2. The Kier molecular flexibility index (Phi) is 7.06. The maximum absolute atomic E-state index is 12.4. The lowest BCUT2D eigenvalue weighted by Gasteiger charge is -2.38. The summed E-state index contributed by atoms with van der Waals surface area (Å²) < 4.78 is 0. The Bertz CT molecular complexity index is 933. The highest BCUT2D eigenvalue weighted by atomic mass is 16.2. The van der Waals surface area contributed by atoms with Gasteiger partial charge in [0.2, 0.25) is 12.3 Å². The quantitative estimate of drug-likeness (QED) is 0.342. The van der Waals surface area contributed by atoms with Crippen LogP contribution in [0.1, 0.15) is 19.4 Å². The van der Waals surface area contributed by atoms with Gasteiger partial charge in [-0.15, -0.1) is 0 Å². The average Bonchev–Trinajstić information content (AvgIpc) is 3.21. The molecular weight excluding hydrogens is 430 g/mol. The fourth-order valence-corrected chi connectivity index (χ4v) is 5.02. The van der Waals surface area contributed by atoms with E-state index in [9.17, 15) is 9.59 Å². The van der Waals surface area contributed by atoms with Gasteiger partial charge in [-0.3, -0.25) is 24.4 Å².